The molecular weight excluding hydrogens is 388 g/mol. The van der Waals surface area contributed by atoms with Crippen LogP contribution >= 0.6 is 23.4 Å². The number of hydrogen-bond acceptors (Lipinski definition) is 4. The van der Waals surface area contributed by atoms with E-state index in [1.54, 1.807) is 0 Å². The van der Waals surface area contributed by atoms with E-state index < -0.39 is 0 Å². The van der Waals surface area contributed by atoms with Crippen LogP contribution in [0.3, 0.4) is 0 Å². The second-order valence-corrected chi connectivity index (χ2v) is 9.23. The van der Waals surface area contributed by atoms with Gasteiger partial charge in [0.25, 0.3) is 0 Å². The Labute approximate surface area is 175 Å². The lowest BCUT2D eigenvalue weighted by Crippen LogP contribution is -2.28. The van der Waals surface area contributed by atoms with Gasteiger partial charge in [-0.1, -0.05) is 37.6 Å². The highest BCUT2D eigenvalue weighted by atomic mass is 35.5. The Kier molecular flexibility index (Phi) is 5.39. The number of benzene rings is 1. The fourth-order valence-electron chi connectivity index (χ4n) is 3.69. The van der Waals surface area contributed by atoms with Gasteiger partial charge in [-0.05, 0) is 48.2 Å². The highest BCUT2D eigenvalue weighted by Crippen LogP contribution is 2.47. The first kappa shape index (κ1) is 19.3. The molecule has 0 saturated heterocycles. The summed E-state index contributed by atoms with van der Waals surface area (Å²) in [4.78, 5) is 4.59. The van der Waals surface area contributed by atoms with Gasteiger partial charge in [-0.2, -0.15) is 5.10 Å². The molecular formula is C22H25ClN4S. The van der Waals surface area contributed by atoms with Crippen molar-refractivity contribution in [2.24, 2.45) is 13.0 Å². The zero-order chi connectivity index (χ0) is 19.8. The predicted octanol–water partition coefficient (Wildman–Crippen LogP) is 5.72. The normalized spacial score (nSPS) is 19.2. The van der Waals surface area contributed by atoms with Crippen molar-refractivity contribution in [2.45, 2.75) is 32.1 Å². The lowest BCUT2D eigenvalue weighted by molar-refractivity contribution is 0.561. The highest BCUT2D eigenvalue weighted by Gasteiger charge is 2.33. The molecule has 4 rings (SSSR count). The van der Waals surface area contributed by atoms with Crippen LogP contribution in [0.15, 0.2) is 42.6 Å². The van der Waals surface area contributed by atoms with E-state index in [1.807, 2.05) is 60.0 Å². The third-order valence-corrected chi connectivity index (χ3v) is 6.95. The Hall–Kier alpha value is -1.98. The molecule has 3 aromatic rings. The average molecular weight is 413 g/mol. The summed E-state index contributed by atoms with van der Waals surface area (Å²) in [5.74, 6) is 2.64. The number of nitrogens with zero attached hydrogens (tertiary/aromatic N) is 3. The van der Waals surface area contributed by atoms with Gasteiger partial charge in [-0.3, -0.25) is 9.67 Å². The van der Waals surface area contributed by atoms with E-state index in [2.05, 4.69) is 37.1 Å². The van der Waals surface area contributed by atoms with Gasteiger partial charge in [-0.25, -0.2) is 0 Å². The SMILES string of the molecule is Cc1cc(Cl)ccc1C1SCC(C(C)C)Nc2c1c(-c1ccccn1)nn2C. The molecule has 6 heteroatoms. The molecule has 1 aliphatic rings. The van der Waals surface area contributed by atoms with Crippen LogP contribution in [0, 0.1) is 12.8 Å². The number of aromatic nitrogens is 3. The molecule has 1 N–H and O–H groups in total. The lowest BCUT2D eigenvalue weighted by Gasteiger charge is -2.21. The second kappa shape index (κ2) is 7.80. The van der Waals surface area contributed by atoms with Gasteiger partial charge >= 0.3 is 0 Å². The van der Waals surface area contributed by atoms with Gasteiger partial charge in [0.15, 0.2) is 0 Å². The smallest absolute Gasteiger partial charge is 0.129 e. The maximum absolute atomic E-state index is 6.24. The van der Waals surface area contributed by atoms with Crippen molar-refractivity contribution in [3.05, 3.63) is 64.3 Å². The maximum atomic E-state index is 6.24. The number of halogens is 1. The molecule has 0 fully saturated rings. The van der Waals surface area contributed by atoms with Gasteiger partial charge in [0.05, 0.1) is 10.9 Å². The molecule has 28 heavy (non-hydrogen) atoms. The van der Waals surface area contributed by atoms with E-state index in [0.29, 0.717) is 12.0 Å². The summed E-state index contributed by atoms with van der Waals surface area (Å²) in [6, 6.07) is 12.6. The summed E-state index contributed by atoms with van der Waals surface area (Å²) in [5, 5.41) is 9.59. The van der Waals surface area contributed by atoms with Gasteiger partial charge < -0.3 is 5.32 Å². The van der Waals surface area contributed by atoms with Crippen molar-refractivity contribution in [3.8, 4) is 11.4 Å². The number of anilines is 1. The molecule has 2 aromatic heterocycles. The van der Waals surface area contributed by atoms with Crippen LogP contribution in [-0.4, -0.2) is 26.6 Å². The van der Waals surface area contributed by atoms with E-state index in [0.717, 1.165) is 28.0 Å². The highest BCUT2D eigenvalue weighted by molar-refractivity contribution is 7.99. The van der Waals surface area contributed by atoms with Crippen LogP contribution < -0.4 is 5.32 Å². The number of aryl methyl sites for hydroxylation is 2. The average Bonchev–Trinajstić information content (AvgIpc) is 2.86. The van der Waals surface area contributed by atoms with Crippen molar-refractivity contribution in [1.29, 1.82) is 0 Å². The summed E-state index contributed by atoms with van der Waals surface area (Å²) in [6.45, 7) is 6.67. The van der Waals surface area contributed by atoms with Gasteiger partial charge in [0.1, 0.15) is 11.5 Å². The van der Waals surface area contributed by atoms with Crippen molar-refractivity contribution in [3.63, 3.8) is 0 Å². The first-order valence-electron chi connectivity index (χ1n) is 9.58. The van der Waals surface area contributed by atoms with Crippen LogP contribution in [0.2, 0.25) is 5.02 Å². The largest absolute Gasteiger partial charge is 0.366 e. The van der Waals surface area contributed by atoms with Gasteiger partial charge in [0.2, 0.25) is 0 Å². The molecule has 0 amide bonds. The van der Waals surface area contributed by atoms with Gasteiger partial charge in [0, 0.05) is 35.6 Å². The number of fused-ring (bicyclic) bond motifs is 1. The Morgan fingerprint density at radius 3 is 2.75 bits per heavy atom. The molecule has 0 radical (unpaired) electrons. The minimum Gasteiger partial charge on any atom is -0.366 e. The summed E-state index contributed by atoms with van der Waals surface area (Å²) >= 11 is 8.21. The zero-order valence-corrected chi connectivity index (χ0v) is 18.2. The number of pyridine rings is 1. The van der Waals surface area contributed by atoms with Crippen LogP contribution in [0.4, 0.5) is 5.82 Å². The summed E-state index contributed by atoms with van der Waals surface area (Å²) in [6.07, 6.45) is 1.83. The lowest BCUT2D eigenvalue weighted by atomic mass is 9.98. The van der Waals surface area contributed by atoms with E-state index in [9.17, 15) is 0 Å². The fraction of sp³-hybridized carbons (Fsp3) is 0.364. The third kappa shape index (κ3) is 3.53. The predicted molar refractivity (Wildman–Crippen MR) is 119 cm³/mol. The minimum atomic E-state index is 0.175. The van der Waals surface area contributed by atoms with Crippen LogP contribution in [0.5, 0.6) is 0 Å². The van der Waals surface area contributed by atoms with E-state index in [4.69, 9.17) is 16.7 Å². The Morgan fingerprint density at radius 2 is 2.07 bits per heavy atom. The molecule has 0 bridgehead atoms. The Balaban J connectivity index is 1.92. The molecule has 3 heterocycles. The Bertz CT molecular complexity index is 984. The molecule has 0 spiro atoms. The standard InChI is InChI=1S/C22H25ClN4S/c1-13(2)18-12-28-21(16-9-8-15(23)11-14(16)3)19-20(17-7-5-6-10-24-17)26-27(4)22(19)25-18/h5-11,13,18,21,25H,12H2,1-4H3. The molecule has 2 atom stereocenters. The third-order valence-electron chi connectivity index (χ3n) is 5.34. The van der Waals surface area contributed by atoms with Crippen molar-refractivity contribution in [2.75, 3.05) is 11.1 Å². The van der Waals surface area contributed by atoms with Crippen LogP contribution in [0.25, 0.3) is 11.4 Å². The number of rotatable bonds is 3. The van der Waals surface area contributed by atoms with Gasteiger partial charge in [-0.15, -0.1) is 11.8 Å². The topological polar surface area (TPSA) is 42.7 Å². The summed E-state index contributed by atoms with van der Waals surface area (Å²) in [5.41, 5.74) is 5.55. The first-order valence-corrected chi connectivity index (χ1v) is 11.0. The fourth-order valence-corrected chi connectivity index (χ4v) is 5.62. The van der Waals surface area contributed by atoms with E-state index in [-0.39, 0.29) is 5.25 Å². The quantitative estimate of drug-likeness (QED) is 0.597. The number of thioether (sulfide) groups is 1. The van der Waals surface area contributed by atoms with Crippen LogP contribution in [0.1, 0.15) is 35.8 Å². The zero-order valence-electron chi connectivity index (χ0n) is 16.6. The monoisotopic (exact) mass is 412 g/mol. The molecule has 0 aliphatic carbocycles. The minimum absolute atomic E-state index is 0.175. The van der Waals surface area contributed by atoms with E-state index >= 15 is 0 Å². The summed E-state index contributed by atoms with van der Waals surface area (Å²) in [7, 11) is 2.01. The van der Waals surface area contributed by atoms with Crippen molar-refractivity contribution in [1.82, 2.24) is 14.8 Å². The number of hydrogen-bond donors (Lipinski definition) is 1. The van der Waals surface area contributed by atoms with E-state index in [1.165, 1.54) is 16.7 Å². The Morgan fingerprint density at radius 1 is 1.25 bits per heavy atom. The molecule has 4 nitrogen and oxygen atoms in total. The molecule has 0 saturated carbocycles. The summed E-state index contributed by atoms with van der Waals surface area (Å²) < 4.78 is 1.97. The molecule has 146 valence electrons. The first-order chi connectivity index (χ1) is 13.5. The van der Waals surface area contributed by atoms with Crippen molar-refractivity contribution < 1.29 is 0 Å². The molecule has 1 aromatic carbocycles. The van der Waals surface area contributed by atoms with Crippen LogP contribution in [-0.2, 0) is 7.05 Å². The maximum Gasteiger partial charge on any atom is 0.129 e. The molecule has 1 aliphatic heterocycles. The second-order valence-electron chi connectivity index (χ2n) is 7.66. The number of nitrogens with one attached hydrogen (secondary N) is 1. The molecule has 2 unspecified atom stereocenters. The van der Waals surface area contributed by atoms with Crippen molar-refractivity contribution >= 4 is 29.2 Å².